The summed E-state index contributed by atoms with van der Waals surface area (Å²) >= 11 is 1.18. The van der Waals surface area contributed by atoms with Gasteiger partial charge in [-0.05, 0) is 0 Å². The van der Waals surface area contributed by atoms with Crippen molar-refractivity contribution in [3.05, 3.63) is 5.69 Å². The minimum atomic E-state index is 0.0537. The van der Waals surface area contributed by atoms with Crippen molar-refractivity contribution in [3.63, 3.8) is 0 Å². The van der Waals surface area contributed by atoms with Crippen LogP contribution < -0.4 is 11.1 Å². The molecule has 76 valence electrons. The Balaban J connectivity index is 1.97. The molecule has 1 fully saturated rings. The van der Waals surface area contributed by atoms with Crippen LogP contribution in [0.3, 0.4) is 0 Å². The van der Waals surface area contributed by atoms with E-state index in [0.29, 0.717) is 24.6 Å². The van der Waals surface area contributed by atoms with Crippen molar-refractivity contribution in [2.45, 2.75) is 6.54 Å². The van der Waals surface area contributed by atoms with Gasteiger partial charge in [0.05, 0.1) is 6.54 Å². The fourth-order valence-electron chi connectivity index (χ4n) is 1.36. The van der Waals surface area contributed by atoms with Gasteiger partial charge in [0.2, 0.25) is 5.91 Å². The number of aromatic nitrogens is 2. The number of carbonyl (C=O) groups excluding carboxylic acids is 1. The molecular formula is C7H11N5OS. The first-order chi connectivity index (χ1) is 6.75. The fraction of sp³-hybridized carbons (Fsp3) is 0.571. The number of hydrogen-bond acceptors (Lipinski definition) is 6. The van der Waals surface area contributed by atoms with E-state index in [2.05, 4.69) is 14.9 Å². The van der Waals surface area contributed by atoms with Gasteiger partial charge in [0.1, 0.15) is 10.7 Å². The average Bonchev–Trinajstić information content (AvgIpc) is 2.52. The Bertz CT molecular complexity index is 339. The second-order valence-corrected chi connectivity index (χ2v) is 3.93. The summed E-state index contributed by atoms with van der Waals surface area (Å²) in [5.41, 5.74) is 6.43. The topological polar surface area (TPSA) is 84.1 Å². The maximum atomic E-state index is 11.1. The summed E-state index contributed by atoms with van der Waals surface area (Å²) in [5.74, 6) is 0.0537. The van der Waals surface area contributed by atoms with Crippen molar-refractivity contribution in [3.8, 4) is 0 Å². The van der Waals surface area contributed by atoms with Crippen LogP contribution in [-0.2, 0) is 11.3 Å². The number of hydrogen-bond donors (Lipinski definition) is 2. The number of nitrogens with two attached hydrogens (primary N) is 1. The predicted octanol–water partition coefficient (Wildman–Crippen LogP) is -0.948. The number of anilines is 1. The number of rotatable bonds is 2. The molecular weight excluding hydrogens is 202 g/mol. The van der Waals surface area contributed by atoms with Gasteiger partial charge < -0.3 is 11.1 Å². The average molecular weight is 213 g/mol. The van der Waals surface area contributed by atoms with Crippen LogP contribution in [-0.4, -0.2) is 40.0 Å². The molecule has 1 aliphatic rings. The first kappa shape index (κ1) is 9.35. The number of nitrogens with zero attached hydrogens (tertiary/aromatic N) is 3. The molecule has 0 radical (unpaired) electrons. The summed E-state index contributed by atoms with van der Waals surface area (Å²) in [6.07, 6.45) is 0. The molecule has 7 heteroatoms. The molecule has 1 saturated heterocycles. The summed E-state index contributed by atoms with van der Waals surface area (Å²) in [5, 5.41) is 7.30. The molecule has 1 aliphatic heterocycles. The number of amides is 1. The first-order valence-corrected chi connectivity index (χ1v) is 5.09. The van der Waals surface area contributed by atoms with Crippen molar-refractivity contribution in [2.75, 3.05) is 25.4 Å². The van der Waals surface area contributed by atoms with E-state index in [0.717, 1.165) is 12.2 Å². The predicted molar refractivity (Wildman–Crippen MR) is 52.6 cm³/mol. The second-order valence-electron chi connectivity index (χ2n) is 3.14. The van der Waals surface area contributed by atoms with Gasteiger partial charge in [-0.25, -0.2) is 0 Å². The SMILES string of the molecule is Nc1snnc1CN1CCNC(=O)C1. The molecule has 14 heavy (non-hydrogen) atoms. The Kier molecular flexibility index (Phi) is 2.60. The monoisotopic (exact) mass is 213 g/mol. The highest BCUT2D eigenvalue weighted by Gasteiger charge is 2.18. The molecule has 0 aromatic carbocycles. The molecule has 0 spiro atoms. The zero-order valence-electron chi connectivity index (χ0n) is 7.56. The molecule has 0 aliphatic carbocycles. The third-order valence-corrected chi connectivity index (χ3v) is 2.67. The summed E-state index contributed by atoms with van der Waals surface area (Å²) in [7, 11) is 0. The van der Waals surface area contributed by atoms with Crippen molar-refractivity contribution in [2.24, 2.45) is 0 Å². The Hall–Kier alpha value is -1.21. The highest BCUT2D eigenvalue weighted by molar-refractivity contribution is 7.09. The van der Waals surface area contributed by atoms with E-state index in [1.165, 1.54) is 11.5 Å². The molecule has 2 rings (SSSR count). The summed E-state index contributed by atoms with van der Waals surface area (Å²) in [6.45, 7) is 2.55. The van der Waals surface area contributed by atoms with E-state index >= 15 is 0 Å². The van der Waals surface area contributed by atoms with Crippen LogP contribution >= 0.6 is 11.5 Å². The zero-order valence-corrected chi connectivity index (χ0v) is 8.38. The zero-order chi connectivity index (χ0) is 9.97. The molecule has 1 amide bonds. The lowest BCUT2D eigenvalue weighted by molar-refractivity contribution is -0.124. The summed E-state index contributed by atoms with van der Waals surface area (Å²) < 4.78 is 3.75. The molecule has 0 bridgehead atoms. The van der Waals surface area contributed by atoms with Crippen molar-refractivity contribution in [1.29, 1.82) is 0 Å². The lowest BCUT2D eigenvalue weighted by Gasteiger charge is -2.25. The van der Waals surface area contributed by atoms with Gasteiger partial charge in [0, 0.05) is 31.2 Å². The van der Waals surface area contributed by atoms with Crippen LogP contribution in [0.5, 0.6) is 0 Å². The van der Waals surface area contributed by atoms with Gasteiger partial charge in [-0.3, -0.25) is 9.69 Å². The Morgan fingerprint density at radius 1 is 1.64 bits per heavy atom. The fourth-order valence-corrected chi connectivity index (χ4v) is 1.80. The van der Waals surface area contributed by atoms with Gasteiger partial charge in [-0.15, -0.1) is 5.10 Å². The van der Waals surface area contributed by atoms with Gasteiger partial charge in [-0.2, -0.15) is 0 Å². The molecule has 0 atom stereocenters. The molecule has 1 aromatic heterocycles. The van der Waals surface area contributed by atoms with Crippen molar-refractivity contribution >= 4 is 22.4 Å². The lowest BCUT2D eigenvalue weighted by atomic mass is 10.3. The van der Waals surface area contributed by atoms with Crippen molar-refractivity contribution < 1.29 is 4.79 Å². The second kappa shape index (κ2) is 3.89. The minimum absolute atomic E-state index is 0.0537. The van der Waals surface area contributed by atoms with E-state index in [1.54, 1.807) is 0 Å². The van der Waals surface area contributed by atoms with Crippen LogP contribution in [0.25, 0.3) is 0 Å². The number of piperazine rings is 1. The first-order valence-electron chi connectivity index (χ1n) is 4.31. The Morgan fingerprint density at radius 3 is 3.14 bits per heavy atom. The molecule has 2 heterocycles. The van der Waals surface area contributed by atoms with E-state index in [9.17, 15) is 4.79 Å². The maximum absolute atomic E-state index is 11.1. The third kappa shape index (κ3) is 1.99. The standard InChI is InChI=1S/C7H11N5OS/c8-7-5(10-11-14-7)3-12-2-1-9-6(13)4-12/h1-4,8H2,(H,9,13). The Labute approximate surface area is 85.3 Å². The normalized spacial score (nSPS) is 18.1. The molecule has 3 N–H and O–H groups in total. The Morgan fingerprint density at radius 2 is 2.50 bits per heavy atom. The summed E-state index contributed by atoms with van der Waals surface area (Å²) in [4.78, 5) is 13.1. The highest BCUT2D eigenvalue weighted by Crippen LogP contribution is 2.14. The maximum Gasteiger partial charge on any atom is 0.234 e. The number of nitrogens with one attached hydrogen (secondary N) is 1. The van der Waals surface area contributed by atoms with Gasteiger partial charge in [0.15, 0.2) is 0 Å². The largest absolute Gasteiger partial charge is 0.388 e. The molecule has 1 aromatic rings. The quantitative estimate of drug-likeness (QED) is 0.662. The summed E-state index contributed by atoms with van der Waals surface area (Å²) in [6, 6.07) is 0. The van der Waals surface area contributed by atoms with E-state index in [4.69, 9.17) is 5.73 Å². The van der Waals surface area contributed by atoms with Gasteiger partial charge in [0.25, 0.3) is 0 Å². The third-order valence-electron chi connectivity index (χ3n) is 2.08. The van der Waals surface area contributed by atoms with E-state index < -0.39 is 0 Å². The van der Waals surface area contributed by atoms with Gasteiger partial charge >= 0.3 is 0 Å². The lowest BCUT2D eigenvalue weighted by Crippen LogP contribution is -2.47. The van der Waals surface area contributed by atoms with Crippen LogP contribution in [0.15, 0.2) is 0 Å². The van der Waals surface area contributed by atoms with E-state index in [-0.39, 0.29) is 5.91 Å². The number of carbonyl (C=O) groups is 1. The van der Waals surface area contributed by atoms with Crippen LogP contribution in [0.2, 0.25) is 0 Å². The molecule has 0 unspecified atom stereocenters. The molecule has 6 nitrogen and oxygen atoms in total. The van der Waals surface area contributed by atoms with Crippen LogP contribution in [0.1, 0.15) is 5.69 Å². The van der Waals surface area contributed by atoms with E-state index in [1.807, 2.05) is 4.90 Å². The van der Waals surface area contributed by atoms with Crippen LogP contribution in [0.4, 0.5) is 5.00 Å². The highest BCUT2D eigenvalue weighted by atomic mass is 32.1. The van der Waals surface area contributed by atoms with Crippen LogP contribution in [0, 0.1) is 0 Å². The van der Waals surface area contributed by atoms with Crippen molar-refractivity contribution in [1.82, 2.24) is 19.8 Å². The smallest absolute Gasteiger partial charge is 0.234 e. The number of nitrogen functional groups attached to an aromatic ring is 1. The van der Waals surface area contributed by atoms with Gasteiger partial charge in [-0.1, -0.05) is 4.49 Å². The minimum Gasteiger partial charge on any atom is -0.388 e. The molecule has 0 saturated carbocycles.